The second-order valence-electron chi connectivity index (χ2n) is 4.77. The maximum atomic E-state index is 11.6. The van der Waals surface area contributed by atoms with Gasteiger partial charge < -0.3 is 9.79 Å². The average molecular weight is 261 g/mol. The Morgan fingerprint density at radius 2 is 1.88 bits per heavy atom. The third-order valence-electron chi connectivity index (χ3n) is 2.79. The molecule has 0 spiro atoms. The molecule has 0 heterocycles. The Hall–Kier alpha value is -0.410. The van der Waals surface area contributed by atoms with E-state index < -0.39 is 13.3 Å². The van der Waals surface area contributed by atoms with E-state index in [1.807, 2.05) is 6.92 Å². The van der Waals surface area contributed by atoms with E-state index in [-0.39, 0.29) is 6.04 Å². The Morgan fingerprint density at radius 3 is 2.18 bits per heavy atom. The van der Waals surface area contributed by atoms with Crippen LogP contribution in [0.25, 0.3) is 0 Å². The lowest BCUT2D eigenvalue weighted by Crippen LogP contribution is -2.47. The van der Waals surface area contributed by atoms with E-state index >= 15 is 0 Å². The molecule has 0 rings (SSSR count). The molecule has 4 nitrogen and oxygen atoms in total. The molecule has 0 amide bonds. The maximum Gasteiger partial charge on any atom is 0.403 e. The van der Waals surface area contributed by atoms with Crippen molar-refractivity contribution in [1.82, 2.24) is 4.67 Å². The van der Waals surface area contributed by atoms with Crippen molar-refractivity contribution in [3.05, 3.63) is 25.3 Å². The third kappa shape index (κ3) is 4.76. The molecule has 0 aliphatic heterocycles. The van der Waals surface area contributed by atoms with E-state index in [4.69, 9.17) is 0 Å². The zero-order chi connectivity index (χ0) is 13.7. The quantitative estimate of drug-likeness (QED) is 0.520. The van der Waals surface area contributed by atoms with Gasteiger partial charge in [-0.05, 0) is 40.0 Å². The zero-order valence-electron chi connectivity index (χ0n) is 11.0. The van der Waals surface area contributed by atoms with Gasteiger partial charge in [0.15, 0.2) is 0 Å². The molecule has 5 heteroatoms. The second kappa shape index (κ2) is 6.50. The number of hydrogen-bond acceptors (Lipinski definition) is 1. The van der Waals surface area contributed by atoms with Crippen molar-refractivity contribution >= 4 is 7.75 Å². The first kappa shape index (κ1) is 16.6. The molecule has 0 radical (unpaired) electrons. The molecule has 1 unspecified atom stereocenters. The van der Waals surface area contributed by atoms with Gasteiger partial charge in [0.05, 0.1) is 0 Å². The highest BCUT2D eigenvalue weighted by Gasteiger charge is 2.42. The van der Waals surface area contributed by atoms with E-state index in [9.17, 15) is 14.4 Å². The summed E-state index contributed by atoms with van der Waals surface area (Å²) >= 11 is 0. The third-order valence-corrected chi connectivity index (χ3v) is 4.30. The van der Waals surface area contributed by atoms with Crippen molar-refractivity contribution in [2.75, 3.05) is 0 Å². The number of hydrogen-bond donors (Lipinski definition) is 2. The predicted molar refractivity (Wildman–Crippen MR) is 71.7 cm³/mol. The van der Waals surface area contributed by atoms with Crippen molar-refractivity contribution in [2.45, 2.75) is 51.6 Å². The summed E-state index contributed by atoms with van der Waals surface area (Å²) in [6.45, 7) is 12.8. The van der Waals surface area contributed by atoms with E-state index in [0.717, 1.165) is 0 Å². The summed E-state index contributed by atoms with van der Waals surface area (Å²) in [5.74, 6) is 0. The molecule has 17 heavy (non-hydrogen) atoms. The van der Waals surface area contributed by atoms with Gasteiger partial charge in [-0.3, -0.25) is 0 Å². The standard InChI is InChI=1S/C12H24NO3P/c1-6-8-10-12(5,9-7-2)13(11(3)4)17(14,15)16/h6-7,11H,1-2,8-10H2,3-5H3,(H2,14,15,16). The minimum atomic E-state index is -4.27. The normalized spacial score (nSPS) is 15.9. The Bertz CT molecular complexity index is 311. The lowest BCUT2D eigenvalue weighted by molar-refractivity contribution is 0.118. The van der Waals surface area contributed by atoms with Gasteiger partial charge in [-0.25, -0.2) is 9.24 Å². The van der Waals surface area contributed by atoms with Crippen LogP contribution in [0.2, 0.25) is 0 Å². The molecule has 2 N–H and O–H groups in total. The summed E-state index contributed by atoms with van der Waals surface area (Å²) in [4.78, 5) is 19.0. The maximum absolute atomic E-state index is 11.6. The van der Waals surface area contributed by atoms with Crippen LogP contribution in [-0.2, 0) is 4.57 Å². The minimum Gasteiger partial charge on any atom is -0.312 e. The van der Waals surface area contributed by atoms with Crippen LogP contribution in [0.1, 0.15) is 40.0 Å². The monoisotopic (exact) mass is 261 g/mol. The van der Waals surface area contributed by atoms with Gasteiger partial charge in [-0.2, -0.15) is 0 Å². The van der Waals surface area contributed by atoms with Crippen LogP contribution in [0.3, 0.4) is 0 Å². The van der Waals surface area contributed by atoms with Crippen molar-refractivity contribution < 1.29 is 14.4 Å². The number of allylic oxidation sites excluding steroid dienone is 1. The molecule has 0 aromatic heterocycles. The Morgan fingerprint density at radius 1 is 1.35 bits per heavy atom. The zero-order valence-corrected chi connectivity index (χ0v) is 11.9. The summed E-state index contributed by atoms with van der Waals surface area (Å²) in [5.41, 5.74) is -0.594. The lowest BCUT2D eigenvalue weighted by Gasteiger charge is -2.43. The fraction of sp³-hybridized carbons (Fsp3) is 0.667. The molecule has 0 aromatic carbocycles. The first-order valence-corrected chi connectivity index (χ1v) is 7.32. The van der Waals surface area contributed by atoms with Crippen LogP contribution < -0.4 is 0 Å². The van der Waals surface area contributed by atoms with E-state index in [0.29, 0.717) is 19.3 Å². The van der Waals surface area contributed by atoms with Crippen molar-refractivity contribution in [3.8, 4) is 0 Å². The lowest BCUT2D eigenvalue weighted by atomic mass is 9.91. The van der Waals surface area contributed by atoms with Crippen LogP contribution in [-0.4, -0.2) is 26.0 Å². The topological polar surface area (TPSA) is 60.8 Å². The molecule has 0 aromatic rings. The smallest absolute Gasteiger partial charge is 0.312 e. The van der Waals surface area contributed by atoms with E-state index in [1.165, 1.54) is 4.67 Å². The largest absolute Gasteiger partial charge is 0.403 e. The fourth-order valence-corrected chi connectivity index (χ4v) is 3.69. The van der Waals surface area contributed by atoms with E-state index in [2.05, 4.69) is 13.2 Å². The highest BCUT2D eigenvalue weighted by molar-refractivity contribution is 7.49. The van der Waals surface area contributed by atoms with Gasteiger partial charge in [0.2, 0.25) is 0 Å². The molecular weight excluding hydrogens is 237 g/mol. The van der Waals surface area contributed by atoms with Crippen LogP contribution in [0.4, 0.5) is 0 Å². The SMILES string of the molecule is C=CCCC(C)(CC=C)N(C(C)C)P(=O)(O)O. The summed E-state index contributed by atoms with van der Waals surface area (Å²) < 4.78 is 12.9. The van der Waals surface area contributed by atoms with Gasteiger partial charge in [0.1, 0.15) is 0 Å². The van der Waals surface area contributed by atoms with Gasteiger partial charge in [-0.1, -0.05) is 12.2 Å². The number of nitrogens with zero attached hydrogens (tertiary/aromatic N) is 1. The first-order valence-electron chi connectivity index (χ1n) is 5.76. The highest BCUT2D eigenvalue weighted by Crippen LogP contribution is 2.49. The summed E-state index contributed by atoms with van der Waals surface area (Å²) in [5, 5.41) is 0. The summed E-state index contributed by atoms with van der Waals surface area (Å²) in [6, 6.07) is -0.231. The van der Waals surface area contributed by atoms with E-state index in [1.54, 1.807) is 26.0 Å². The highest BCUT2D eigenvalue weighted by atomic mass is 31.2. The molecule has 1 atom stereocenters. The minimum absolute atomic E-state index is 0.231. The van der Waals surface area contributed by atoms with Crippen molar-refractivity contribution in [3.63, 3.8) is 0 Å². The fourth-order valence-electron chi connectivity index (χ4n) is 2.27. The van der Waals surface area contributed by atoms with Gasteiger partial charge >= 0.3 is 7.75 Å². The molecule has 0 bridgehead atoms. The molecular formula is C12H24NO3P. The first-order chi connectivity index (χ1) is 7.69. The molecule has 0 aliphatic carbocycles. The number of rotatable bonds is 8. The van der Waals surface area contributed by atoms with Crippen LogP contribution >= 0.6 is 7.75 Å². The Balaban J connectivity index is 5.28. The second-order valence-corrected chi connectivity index (χ2v) is 6.23. The summed E-state index contributed by atoms with van der Waals surface area (Å²) in [6.07, 6.45) is 5.36. The van der Waals surface area contributed by atoms with Crippen molar-refractivity contribution in [1.29, 1.82) is 0 Å². The van der Waals surface area contributed by atoms with Crippen LogP contribution in [0, 0.1) is 0 Å². The van der Waals surface area contributed by atoms with Crippen LogP contribution in [0.15, 0.2) is 25.3 Å². The Kier molecular flexibility index (Phi) is 6.35. The molecule has 0 saturated heterocycles. The van der Waals surface area contributed by atoms with Gasteiger partial charge in [-0.15, -0.1) is 13.2 Å². The van der Waals surface area contributed by atoms with Crippen LogP contribution in [0.5, 0.6) is 0 Å². The van der Waals surface area contributed by atoms with Gasteiger partial charge in [0.25, 0.3) is 0 Å². The molecule has 0 aliphatic rings. The Labute approximate surface area is 104 Å². The predicted octanol–water partition coefficient (Wildman–Crippen LogP) is 3.09. The summed E-state index contributed by atoms with van der Waals surface area (Å²) in [7, 11) is -4.27. The molecule has 0 saturated carbocycles. The molecule has 100 valence electrons. The molecule has 0 fully saturated rings. The van der Waals surface area contributed by atoms with Crippen molar-refractivity contribution in [2.24, 2.45) is 0 Å². The van der Waals surface area contributed by atoms with Gasteiger partial charge in [0, 0.05) is 11.6 Å². The average Bonchev–Trinajstić information content (AvgIpc) is 2.12.